The Morgan fingerprint density at radius 1 is 1.12 bits per heavy atom. The van der Waals surface area contributed by atoms with Gasteiger partial charge in [0.2, 0.25) is 0 Å². The second-order valence-electron chi connectivity index (χ2n) is 6.99. The molecule has 0 radical (unpaired) electrons. The summed E-state index contributed by atoms with van der Waals surface area (Å²) in [6.45, 7) is 6.15. The number of likely N-dealkylation sites (tertiary alicyclic amines) is 1. The van der Waals surface area contributed by atoms with Crippen molar-refractivity contribution in [1.82, 2.24) is 15.2 Å². The molecule has 1 N–H and O–H groups in total. The number of rotatable bonds is 4. The fraction of sp³-hybridized carbons (Fsp3) is 0.381. The SMILES string of the molecule is Cc1ccc(C(=O)NCC2CCN(C(=O)c3cccnc3)CC2)cc1C. The Labute approximate surface area is 154 Å². The molecule has 0 unspecified atom stereocenters. The first-order chi connectivity index (χ1) is 12.5. The van der Waals surface area contributed by atoms with Crippen LogP contribution >= 0.6 is 0 Å². The predicted molar refractivity (Wildman–Crippen MR) is 101 cm³/mol. The average molecular weight is 351 g/mol. The number of benzene rings is 1. The zero-order chi connectivity index (χ0) is 18.5. The van der Waals surface area contributed by atoms with E-state index in [-0.39, 0.29) is 11.8 Å². The highest BCUT2D eigenvalue weighted by Gasteiger charge is 2.24. The van der Waals surface area contributed by atoms with Crippen LogP contribution < -0.4 is 5.32 Å². The van der Waals surface area contributed by atoms with Gasteiger partial charge in [-0.05, 0) is 68.0 Å². The topological polar surface area (TPSA) is 62.3 Å². The van der Waals surface area contributed by atoms with Crippen molar-refractivity contribution in [3.63, 3.8) is 0 Å². The summed E-state index contributed by atoms with van der Waals surface area (Å²) in [7, 11) is 0. The average Bonchev–Trinajstić information content (AvgIpc) is 2.68. The third-order valence-corrected chi connectivity index (χ3v) is 5.13. The van der Waals surface area contributed by atoms with Gasteiger partial charge in [-0.1, -0.05) is 6.07 Å². The van der Waals surface area contributed by atoms with Crippen LogP contribution in [0, 0.1) is 19.8 Å². The zero-order valence-electron chi connectivity index (χ0n) is 15.4. The van der Waals surface area contributed by atoms with E-state index in [9.17, 15) is 9.59 Å². The molecule has 0 saturated carbocycles. The molecule has 136 valence electrons. The van der Waals surface area contributed by atoms with E-state index in [1.165, 1.54) is 5.56 Å². The van der Waals surface area contributed by atoms with Crippen LogP contribution in [0.15, 0.2) is 42.7 Å². The van der Waals surface area contributed by atoms with Crippen LogP contribution in [0.1, 0.15) is 44.7 Å². The molecular formula is C21H25N3O2. The number of hydrogen-bond donors (Lipinski definition) is 1. The zero-order valence-corrected chi connectivity index (χ0v) is 15.4. The van der Waals surface area contributed by atoms with Crippen molar-refractivity contribution >= 4 is 11.8 Å². The molecule has 1 aromatic carbocycles. The number of carbonyl (C=O) groups excluding carboxylic acids is 2. The van der Waals surface area contributed by atoms with E-state index < -0.39 is 0 Å². The number of aryl methyl sites for hydroxylation is 2. The summed E-state index contributed by atoms with van der Waals surface area (Å²) in [5, 5.41) is 3.04. The number of pyridine rings is 1. The van der Waals surface area contributed by atoms with Crippen LogP contribution in [0.5, 0.6) is 0 Å². The molecule has 2 aromatic rings. The van der Waals surface area contributed by atoms with Gasteiger partial charge in [0.1, 0.15) is 0 Å². The predicted octanol–water partition coefficient (Wildman–Crippen LogP) is 2.98. The molecule has 2 heterocycles. The molecule has 3 rings (SSSR count). The highest BCUT2D eigenvalue weighted by atomic mass is 16.2. The van der Waals surface area contributed by atoms with Crippen molar-refractivity contribution in [2.24, 2.45) is 5.92 Å². The van der Waals surface area contributed by atoms with E-state index in [4.69, 9.17) is 0 Å². The lowest BCUT2D eigenvalue weighted by Gasteiger charge is -2.32. The monoisotopic (exact) mass is 351 g/mol. The molecule has 1 fully saturated rings. The molecule has 0 bridgehead atoms. The maximum Gasteiger partial charge on any atom is 0.255 e. The summed E-state index contributed by atoms with van der Waals surface area (Å²) in [4.78, 5) is 30.6. The van der Waals surface area contributed by atoms with Gasteiger partial charge in [-0.3, -0.25) is 14.6 Å². The quantitative estimate of drug-likeness (QED) is 0.921. The summed E-state index contributed by atoms with van der Waals surface area (Å²) in [5.74, 6) is 0.418. The van der Waals surface area contributed by atoms with E-state index in [0.717, 1.165) is 31.5 Å². The van der Waals surface area contributed by atoms with Gasteiger partial charge in [0.25, 0.3) is 11.8 Å². The van der Waals surface area contributed by atoms with E-state index in [2.05, 4.69) is 10.3 Å². The lowest BCUT2D eigenvalue weighted by Crippen LogP contribution is -2.41. The Balaban J connectivity index is 1.47. The fourth-order valence-electron chi connectivity index (χ4n) is 3.23. The molecule has 5 heteroatoms. The van der Waals surface area contributed by atoms with E-state index in [1.807, 2.05) is 36.9 Å². The van der Waals surface area contributed by atoms with Gasteiger partial charge >= 0.3 is 0 Å². The number of hydrogen-bond acceptors (Lipinski definition) is 3. The maximum atomic E-state index is 12.4. The first kappa shape index (κ1) is 18.1. The minimum Gasteiger partial charge on any atom is -0.352 e. The summed E-state index contributed by atoms with van der Waals surface area (Å²) < 4.78 is 0. The van der Waals surface area contributed by atoms with Crippen molar-refractivity contribution in [2.75, 3.05) is 19.6 Å². The lowest BCUT2D eigenvalue weighted by molar-refractivity contribution is 0.0684. The van der Waals surface area contributed by atoms with Gasteiger partial charge in [-0.15, -0.1) is 0 Å². The number of amides is 2. The van der Waals surface area contributed by atoms with E-state index in [1.54, 1.807) is 24.5 Å². The van der Waals surface area contributed by atoms with Crippen LogP contribution in [-0.4, -0.2) is 41.3 Å². The Hall–Kier alpha value is -2.69. The van der Waals surface area contributed by atoms with Crippen LogP contribution in [0.4, 0.5) is 0 Å². The van der Waals surface area contributed by atoms with Gasteiger partial charge in [0.05, 0.1) is 5.56 Å². The molecule has 1 aromatic heterocycles. The number of piperidine rings is 1. The third kappa shape index (κ3) is 4.28. The number of aromatic nitrogens is 1. The Morgan fingerprint density at radius 2 is 1.88 bits per heavy atom. The first-order valence-corrected chi connectivity index (χ1v) is 9.09. The molecule has 1 aliphatic rings. The van der Waals surface area contributed by atoms with Crippen LogP contribution in [-0.2, 0) is 0 Å². The van der Waals surface area contributed by atoms with Crippen LogP contribution in [0.3, 0.4) is 0 Å². The minimum atomic E-state index is -0.0260. The standard InChI is InChI=1S/C21H25N3O2/c1-15-5-6-18(12-16(15)2)20(25)23-13-17-7-10-24(11-8-17)21(26)19-4-3-9-22-14-19/h3-6,9,12,14,17H,7-8,10-11,13H2,1-2H3,(H,23,25). The van der Waals surface area contributed by atoms with Crippen molar-refractivity contribution in [2.45, 2.75) is 26.7 Å². The van der Waals surface area contributed by atoms with Crippen molar-refractivity contribution < 1.29 is 9.59 Å². The van der Waals surface area contributed by atoms with Gasteiger partial charge in [0, 0.05) is 37.6 Å². The van der Waals surface area contributed by atoms with E-state index in [0.29, 0.717) is 23.6 Å². The number of nitrogens with zero attached hydrogens (tertiary/aromatic N) is 2. The van der Waals surface area contributed by atoms with Gasteiger partial charge < -0.3 is 10.2 Å². The molecular weight excluding hydrogens is 326 g/mol. The van der Waals surface area contributed by atoms with E-state index >= 15 is 0 Å². The number of nitrogens with one attached hydrogen (secondary N) is 1. The second-order valence-corrected chi connectivity index (χ2v) is 6.99. The molecule has 26 heavy (non-hydrogen) atoms. The Kier molecular flexibility index (Phi) is 5.66. The highest BCUT2D eigenvalue weighted by Crippen LogP contribution is 2.18. The Bertz CT molecular complexity index is 781. The molecule has 2 amide bonds. The Morgan fingerprint density at radius 3 is 2.54 bits per heavy atom. The van der Waals surface area contributed by atoms with Crippen LogP contribution in [0.25, 0.3) is 0 Å². The highest BCUT2D eigenvalue weighted by molar-refractivity contribution is 5.94. The van der Waals surface area contributed by atoms with Crippen LogP contribution in [0.2, 0.25) is 0 Å². The summed E-state index contributed by atoms with van der Waals surface area (Å²) in [6, 6.07) is 9.35. The molecule has 1 saturated heterocycles. The third-order valence-electron chi connectivity index (χ3n) is 5.13. The van der Waals surface area contributed by atoms with Gasteiger partial charge in [-0.2, -0.15) is 0 Å². The first-order valence-electron chi connectivity index (χ1n) is 9.09. The normalized spacial score (nSPS) is 14.9. The lowest BCUT2D eigenvalue weighted by atomic mass is 9.96. The molecule has 0 aliphatic carbocycles. The van der Waals surface area contributed by atoms with Gasteiger partial charge in [0.15, 0.2) is 0 Å². The summed E-state index contributed by atoms with van der Waals surface area (Å²) in [6.07, 6.45) is 5.08. The molecule has 1 aliphatic heterocycles. The smallest absolute Gasteiger partial charge is 0.255 e. The summed E-state index contributed by atoms with van der Waals surface area (Å²) >= 11 is 0. The van der Waals surface area contributed by atoms with Crippen molar-refractivity contribution in [1.29, 1.82) is 0 Å². The summed E-state index contributed by atoms with van der Waals surface area (Å²) in [5.41, 5.74) is 3.65. The molecule has 5 nitrogen and oxygen atoms in total. The molecule has 0 atom stereocenters. The van der Waals surface area contributed by atoms with Crippen molar-refractivity contribution in [3.8, 4) is 0 Å². The largest absolute Gasteiger partial charge is 0.352 e. The van der Waals surface area contributed by atoms with Crippen molar-refractivity contribution in [3.05, 3.63) is 65.0 Å². The van der Waals surface area contributed by atoms with Gasteiger partial charge in [-0.25, -0.2) is 0 Å². The minimum absolute atomic E-state index is 0.0260. The number of carbonyl (C=O) groups is 2. The fourth-order valence-corrected chi connectivity index (χ4v) is 3.23. The molecule has 0 spiro atoms. The maximum absolute atomic E-state index is 12.4. The second kappa shape index (κ2) is 8.13.